The summed E-state index contributed by atoms with van der Waals surface area (Å²) in [6, 6.07) is 1.15. The predicted molar refractivity (Wildman–Crippen MR) is 81.1 cm³/mol. The first-order chi connectivity index (χ1) is 10.5. The van der Waals surface area contributed by atoms with Crippen molar-refractivity contribution in [3.8, 4) is 0 Å². The van der Waals surface area contributed by atoms with E-state index in [9.17, 15) is 13.6 Å². The van der Waals surface area contributed by atoms with Crippen LogP contribution in [0.3, 0.4) is 0 Å². The standard InChI is InChI=1S/C15H21F2N3O2/c1-10(9-21)18-15(22)19-11-7-12(16)14(13(17)8-11)20-5-3-2-4-6-20/h7-8,10,21H,2-6,9H2,1H3,(H2,18,19,22). The zero-order valence-corrected chi connectivity index (χ0v) is 12.5. The molecule has 0 saturated carbocycles. The van der Waals surface area contributed by atoms with Gasteiger partial charge in [-0.05, 0) is 38.3 Å². The number of nitrogens with one attached hydrogen (secondary N) is 2. The van der Waals surface area contributed by atoms with Crippen LogP contribution >= 0.6 is 0 Å². The van der Waals surface area contributed by atoms with Gasteiger partial charge in [0.15, 0.2) is 11.6 Å². The van der Waals surface area contributed by atoms with Crippen LogP contribution in [0, 0.1) is 11.6 Å². The monoisotopic (exact) mass is 313 g/mol. The highest BCUT2D eigenvalue weighted by Crippen LogP contribution is 2.29. The molecule has 1 heterocycles. The second-order valence-electron chi connectivity index (χ2n) is 5.52. The predicted octanol–water partition coefficient (Wildman–Crippen LogP) is 2.46. The number of hydrogen-bond donors (Lipinski definition) is 3. The molecule has 0 bridgehead atoms. The van der Waals surface area contributed by atoms with E-state index in [1.165, 1.54) is 0 Å². The quantitative estimate of drug-likeness (QED) is 0.800. The Labute approximate surface area is 128 Å². The van der Waals surface area contributed by atoms with E-state index in [4.69, 9.17) is 5.11 Å². The summed E-state index contributed by atoms with van der Waals surface area (Å²) in [5, 5.41) is 13.6. The molecule has 1 aliphatic heterocycles. The van der Waals surface area contributed by atoms with Gasteiger partial charge in [-0.15, -0.1) is 0 Å². The van der Waals surface area contributed by atoms with Crippen LogP contribution in [-0.4, -0.2) is 36.9 Å². The number of urea groups is 1. The molecule has 5 nitrogen and oxygen atoms in total. The summed E-state index contributed by atoms with van der Waals surface area (Å²) < 4.78 is 28.4. The Morgan fingerprint density at radius 3 is 2.41 bits per heavy atom. The van der Waals surface area contributed by atoms with Crippen molar-refractivity contribution >= 4 is 17.4 Å². The number of rotatable bonds is 4. The average Bonchev–Trinajstić information content (AvgIpc) is 2.47. The summed E-state index contributed by atoms with van der Waals surface area (Å²) in [6.45, 7) is 2.66. The van der Waals surface area contributed by atoms with Crippen molar-refractivity contribution in [2.75, 3.05) is 29.9 Å². The molecule has 7 heteroatoms. The van der Waals surface area contributed by atoms with Crippen LogP contribution in [0.4, 0.5) is 25.0 Å². The summed E-state index contributed by atoms with van der Waals surface area (Å²) in [7, 11) is 0. The van der Waals surface area contributed by atoms with Crippen LogP contribution in [-0.2, 0) is 0 Å². The Morgan fingerprint density at radius 1 is 1.27 bits per heavy atom. The average molecular weight is 313 g/mol. The normalized spacial score (nSPS) is 16.3. The lowest BCUT2D eigenvalue weighted by Gasteiger charge is -2.29. The lowest BCUT2D eigenvalue weighted by Crippen LogP contribution is -2.38. The van der Waals surface area contributed by atoms with E-state index >= 15 is 0 Å². The molecule has 0 spiro atoms. The second kappa shape index (κ2) is 7.40. The smallest absolute Gasteiger partial charge is 0.319 e. The number of carbonyl (C=O) groups is 1. The minimum atomic E-state index is -0.688. The SMILES string of the molecule is CC(CO)NC(=O)Nc1cc(F)c(N2CCCCC2)c(F)c1. The molecule has 1 atom stereocenters. The fraction of sp³-hybridized carbons (Fsp3) is 0.533. The number of hydrogen-bond acceptors (Lipinski definition) is 3. The maximum atomic E-state index is 14.2. The van der Waals surface area contributed by atoms with Crippen LogP contribution in [0.2, 0.25) is 0 Å². The molecule has 2 amide bonds. The fourth-order valence-electron chi connectivity index (χ4n) is 2.49. The summed E-state index contributed by atoms with van der Waals surface area (Å²) in [6.07, 6.45) is 2.91. The highest BCUT2D eigenvalue weighted by Gasteiger charge is 2.20. The van der Waals surface area contributed by atoms with E-state index in [-0.39, 0.29) is 18.0 Å². The second-order valence-corrected chi connectivity index (χ2v) is 5.52. The van der Waals surface area contributed by atoms with Crippen LogP contribution in [0.1, 0.15) is 26.2 Å². The third-order valence-electron chi connectivity index (χ3n) is 3.60. The number of anilines is 2. The van der Waals surface area contributed by atoms with E-state index in [0.717, 1.165) is 31.4 Å². The third-order valence-corrected chi connectivity index (χ3v) is 3.60. The maximum absolute atomic E-state index is 14.2. The molecule has 3 N–H and O–H groups in total. The Bertz CT molecular complexity index is 511. The molecule has 1 unspecified atom stereocenters. The molecular weight excluding hydrogens is 292 g/mol. The van der Waals surface area contributed by atoms with Gasteiger partial charge in [-0.2, -0.15) is 0 Å². The van der Waals surface area contributed by atoms with Gasteiger partial charge in [0, 0.05) is 18.8 Å². The van der Waals surface area contributed by atoms with E-state index in [0.29, 0.717) is 13.1 Å². The van der Waals surface area contributed by atoms with Crippen molar-refractivity contribution < 1.29 is 18.7 Å². The first kappa shape index (κ1) is 16.5. The Morgan fingerprint density at radius 2 is 1.86 bits per heavy atom. The minimum Gasteiger partial charge on any atom is -0.394 e. The molecule has 0 radical (unpaired) electrons. The highest BCUT2D eigenvalue weighted by molar-refractivity contribution is 5.89. The third kappa shape index (κ3) is 4.07. The summed E-state index contributed by atoms with van der Waals surface area (Å²) in [4.78, 5) is 13.3. The summed E-state index contributed by atoms with van der Waals surface area (Å²) >= 11 is 0. The number of piperidine rings is 1. The number of amides is 2. The topological polar surface area (TPSA) is 64.6 Å². The van der Waals surface area contributed by atoms with Gasteiger partial charge < -0.3 is 20.6 Å². The maximum Gasteiger partial charge on any atom is 0.319 e. The Kier molecular flexibility index (Phi) is 5.54. The van der Waals surface area contributed by atoms with Crippen molar-refractivity contribution in [3.05, 3.63) is 23.8 Å². The summed E-state index contributed by atoms with van der Waals surface area (Å²) in [5.41, 5.74) is 0.00721. The van der Waals surface area contributed by atoms with Gasteiger partial charge in [0.25, 0.3) is 0 Å². The van der Waals surface area contributed by atoms with Crippen molar-refractivity contribution in [2.24, 2.45) is 0 Å². The van der Waals surface area contributed by atoms with E-state index in [1.54, 1.807) is 11.8 Å². The van der Waals surface area contributed by atoms with E-state index in [2.05, 4.69) is 10.6 Å². The Hall–Kier alpha value is -1.89. The number of aliphatic hydroxyl groups excluding tert-OH is 1. The van der Waals surface area contributed by atoms with E-state index in [1.807, 2.05) is 0 Å². The van der Waals surface area contributed by atoms with Crippen LogP contribution < -0.4 is 15.5 Å². The molecule has 22 heavy (non-hydrogen) atoms. The minimum absolute atomic E-state index is 0.0330. The van der Waals surface area contributed by atoms with Gasteiger partial charge in [0.1, 0.15) is 5.69 Å². The van der Waals surface area contributed by atoms with Crippen molar-refractivity contribution in [3.63, 3.8) is 0 Å². The van der Waals surface area contributed by atoms with Crippen molar-refractivity contribution in [1.29, 1.82) is 0 Å². The molecule has 1 saturated heterocycles. The largest absolute Gasteiger partial charge is 0.394 e. The molecule has 1 fully saturated rings. The van der Waals surface area contributed by atoms with Crippen molar-refractivity contribution in [1.82, 2.24) is 5.32 Å². The zero-order valence-electron chi connectivity index (χ0n) is 12.5. The fourth-order valence-corrected chi connectivity index (χ4v) is 2.49. The summed E-state index contributed by atoms with van der Waals surface area (Å²) in [5.74, 6) is -1.38. The lowest BCUT2D eigenvalue weighted by molar-refractivity contribution is 0.229. The van der Waals surface area contributed by atoms with Crippen molar-refractivity contribution in [2.45, 2.75) is 32.2 Å². The molecular formula is C15H21F2N3O2. The van der Waals surface area contributed by atoms with Crippen LogP contribution in [0.5, 0.6) is 0 Å². The van der Waals surface area contributed by atoms with Gasteiger partial charge in [-0.3, -0.25) is 0 Å². The molecule has 1 aromatic carbocycles. The zero-order chi connectivity index (χ0) is 16.1. The number of carbonyl (C=O) groups excluding carboxylic acids is 1. The molecule has 1 aromatic rings. The first-order valence-corrected chi connectivity index (χ1v) is 7.43. The molecule has 2 rings (SSSR count). The van der Waals surface area contributed by atoms with Gasteiger partial charge in [0.05, 0.1) is 12.6 Å². The molecule has 0 aromatic heterocycles. The molecule has 0 aliphatic carbocycles. The first-order valence-electron chi connectivity index (χ1n) is 7.43. The van der Waals surface area contributed by atoms with Crippen LogP contribution in [0.15, 0.2) is 12.1 Å². The number of nitrogens with zero attached hydrogens (tertiary/aromatic N) is 1. The Balaban J connectivity index is 2.10. The number of benzene rings is 1. The van der Waals surface area contributed by atoms with Crippen LogP contribution in [0.25, 0.3) is 0 Å². The lowest BCUT2D eigenvalue weighted by atomic mass is 10.1. The highest BCUT2D eigenvalue weighted by atomic mass is 19.1. The van der Waals surface area contributed by atoms with Gasteiger partial charge in [0.2, 0.25) is 0 Å². The van der Waals surface area contributed by atoms with Gasteiger partial charge in [-0.1, -0.05) is 0 Å². The number of aliphatic hydroxyl groups is 1. The molecule has 122 valence electrons. The number of halogens is 2. The van der Waals surface area contributed by atoms with Gasteiger partial charge >= 0.3 is 6.03 Å². The van der Waals surface area contributed by atoms with Gasteiger partial charge in [-0.25, -0.2) is 13.6 Å². The van der Waals surface area contributed by atoms with E-state index < -0.39 is 23.7 Å². The molecule has 1 aliphatic rings.